The maximum Gasteiger partial charge on any atom is 0.295 e. The minimum Gasteiger partial charge on any atom is -0.420 e. The number of hydrogen-bond donors (Lipinski definition) is 3. The van der Waals surface area contributed by atoms with Gasteiger partial charge in [-0.1, -0.05) is 0 Å². The molecule has 0 aliphatic heterocycles. The van der Waals surface area contributed by atoms with Crippen molar-refractivity contribution in [2.24, 2.45) is 0 Å². The fraction of sp³-hybridized carbons (Fsp3) is 0.444. The normalized spacial score (nSPS) is 11.1. The number of nitrogen functional groups attached to an aromatic ring is 1. The molecule has 0 aliphatic rings. The summed E-state index contributed by atoms with van der Waals surface area (Å²) in [6.07, 6.45) is 0. The van der Waals surface area contributed by atoms with Gasteiger partial charge >= 0.3 is 0 Å². The second kappa shape index (κ2) is 4.42. The third kappa shape index (κ3) is 1.95. The van der Waals surface area contributed by atoms with Gasteiger partial charge in [-0.2, -0.15) is 4.98 Å². The molecular weight excluding hydrogens is 214 g/mol. The Balaban J connectivity index is 2.25. The first kappa shape index (κ1) is 10.8. The lowest BCUT2D eigenvalue weighted by Gasteiger charge is -2.18. The molecule has 7 heteroatoms. The summed E-state index contributed by atoms with van der Waals surface area (Å²) in [7, 11) is 0. The van der Waals surface area contributed by atoms with Crippen LogP contribution in [-0.4, -0.2) is 41.5 Å². The van der Waals surface area contributed by atoms with Crippen molar-refractivity contribution >= 4 is 23.2 Å². The molecule has 2 aromatic rings. The Labute approximate surface area is 91.1 Å². The fourth-order valence-corrected chi connectivity index (χ4v) is 1.47. The van der Waals surface area contributed by atoms with Crippen LogP contribution in [0.1, 0.15) is 0 Å². The summed E-state index contributed by atoms with van der Waals surface area (Å²) in [6.45, 7) is 0.674. The van der Waals surface area contributed by atoms with E-state index >= 15 is 0 Å². The van der Waals surface area contributed by atoms with Crippen molar-refractivity contribution in [3.05, 3.63) is 6.07 Å². The van der Waals surface area contributed by atoms with E-state index < -0.39 is 0 Å². The number of aliphatic hydroxyl groups excluding tert-OH is 2. The average molecular weight is 227 g/mol. The van der Waals surface area contributed by atoms with Gasteiger partial charge in [-0.05, 0) is 0 Å². The number of hydrogen-bond acceptors (Lipinski definition) is 7. The van der Waals surface area contributed by atoms with Gasteiger partial charge < -0.3 is 29.7 Å². The van der Waals surface area contributed by atoms with Crippen LogP contribution < -0.4 is 10.6 Å². The zero-order valence-electron chi connectivity index (χ0n) is 8.59. The van der Waals surface area contributed by atoms with Gasteiger partial charge in [0.1, 0.15) is 0 Å². The van der Waals surface area contributed by atoms with Crippen LogP contribution in [-0.2, 0) is 0 Å². The van der Waals surface area contributed by atoms with Crippen molar-refractivity contribution in [2.75, 3.05) is 36.9 Å². The molecule has 4 N–H and O–H groups in total. The average Bonchev–Trinajstić information content (AvgIpc) is 2.74. The van der Waals surface area contributed by atoms with E-state index in [0.717, 1.165) is 0 Å². The zero-order valence-corrected chi connectivity index (χ0v) is 8.59. The van der Waals surface area contributed by atoms with Gasteiger partial charge in [-0.3, -0.25) is 0 Å². The molecular formula is C9H13N3O4. The molecule has 0 radical (unpaired) electrons. The first-order valence-corrected chi connectivity index (χ1v) is 4.87. The van der Waals surface area contributed by atoms with Gasteiger partial charge in [0, 0.05) is 19.2 Å². The number of rotatable bonds is 5. The molecule has 0 saturated heterocycles. The predicted molar refractivity (Wildman–Crippen MR) is 57.1 cm³/mol. The highest BCUT2D eigenvalue weighted by molar-refractivity contribution is 5.73. The summed E-state index contributed by atoms with van der Waals surface area (Å²) in [4.78, 5) is 5.52. The van der Waals surface area contributed by atoms with E-state index in [4.69, 9.17) is 24.8 Å². The van der Waals surface area contributed by atoms with Crippen LogP contribution in [0.3, 0.4) is 0 Å². The number of anilines is 2. The Morgan fingerprint density at radius 3 is 2.50 bits per heavy atom. The monoisotopic (exact) mass is 227 g/mol. The smallest absolute Gasteiger partial charge is 0.295 e. The second-order valence-electron chi connectivity index (χ2n) is 3.24. The second-order valence-corrected chi connectivity index (χ2v) is 3.24. The maximum absolute atomic E-state index is 8.87. The van der Waals surface area contributed by atoms with Gasteiger partial charge in [-0.25, -0.2) is 0 Å². The first-order valence-electron chi connectivity index (χ1n) is 4.87. The lowest BCUT2D eigenvalue weighted by Crippen LogP contribution is -2.29. The van der Waals surface area contributed by atoms with Crippen LogP contribution in [0.2, 0.25) is 0 Å². The lowest BCUT2D eigenvalue weighted by molar-refractivity contribution is 0.277. The highest BCUT2D eigenvalue weighted by Gasteiger charge is 2.15. The number of nitrogens with two attached hydrogens (primary N) is 1. The summed E-state index contributed by atoms with van der Waals surface area (Å²) in [5.41, 5.74) is 6.11. The van der Waals surface area contributed by atoms with Crippen molar-refractivity contribution in [2.45, 2.75) is 0 Å². The molecule has 2 heterocycles. The van der Waals surface area contributed by atoms with E-state index in [9.17, 15) is 0 Å². The van der Waals surface area contributed by atoms with E-state index in [-0.39, 0.29) is 19.2 Å². The van der Waals surface area contributed by atoms with E-state index in [2.05, 4.69) is 4.98 Å². The number of oxazole rings is 1. The molecule has 16 heavy (non-hydrogen) atoms. The molecule has 0 amide bonds. The van der Waals surface area contributed by atoms with Crippen molar-refractivity contribution < 1.29 is 19.0 Å². The van der Waals surface area contributed by atoms with Crippen LogP contribution in [0.15, 0.2) is 14.9 Å². The summed E-state index contributed by atoms with van der Waals surface area (Å²) in [5, 5.41) is 17.7. The van der Waals surface area contributed by atoms with Crippen LogP contribution in [0, 0.1) is 0 Å². The molecule has 0 unspecified atom stereocenters. The number of aliphatic hydroxyl groups is 2. The number of aromatic nitrogens is 1. The van der Waals surface area contributed by atoms with E-state index in [1.165, 1.54) is 0 Å². The molecule has 7 nitrogen and oxygen atoms in total. The number of fused-ring (bicyclic) bond motifs is 1. The highest BCUT2D eigenvalue weighted by atomic mass is 16.4. The van der Waals surface area contributed by atoms with Crippen molar-refractivity contribution in [3.8, 4) is 0 Å². The van der Waals surface area contributed by atoms with E-state index in [1.54, 1.807) is 11.0 Å². The Morgan fingerprint density at radius 2 is 1.94 bits per heavy atom. The van der Waals surface area contributed by atoms with Gasteiger partial charge in [0.05, 0.1) is 13.2 Å². The van der Waals surface area contributed by atoms with E-state index in [0.29, 0.717) is 30.3 Å². The molecule has 0 aromatic carbocycles. The molecule has 2 rings (SSSR count). The highest BCUT2D eigenvalue weighted by Crippen LogP contribution is 2.26. The molecule has 2 aromatic heterocycles. The molecule has 0 aliphatic carbocycles. The van der Waals surface area contributed by atoms with Gasteiger partial charge in [0.25, 0.3) is 11.7 Å². The third-order valence-corrected chi connectivity index (χ3v) is 2.14. The van der Waals surface area contributed by atoms with Gasteiger partial charge in [-0.15, -0.1) is 0 Å². The summed E-state index contributed by atoms with van der Waals surface area (Å²) in [5.74, 6) is 0.490. The van der Waals surface area contributed by atoms with Crippen LogP contribution in [0.4, 0.5) is 11.9 Å². The van der Waals surface area contributed by atoms with Crippen molar-refractivity contribution in [1.82, 2.24) is 4.98 Å². The molecule has 0 atom stereocenters. The molecule has 88 valence electrons. The van der Waals surface area contributed by atoms with E-state index in [1.807, 2.05) is 0 Å². The third-order valence-electron chi connectivity index (χ3n) is 2.14. The van der Waals surface area contributed by atoms with Crippen LogP contribution in [0.25, 0.3) is 11.3 Å². The predicted octanol–water partition coefficient (Wildman–Crippen LogP) is -0.206. The summed E-state index contributed by atoms with van der Waals surface area (Å²) >= 11 is 0. The fourth-order valence-electron chi connectivity index (χ4n) is 1.47. The lowest BCUT2D eigenvalue weighted by atomic mass is 10.4. The van der Waals surface area contributed by atoms with Gasteiger partial charge in [0.15, 0.2) is 5.58 Å². The van der Waals surface area contributed by atoms with Crippen LogP contribution >= 0.6 is 0 Å². The van der Waals surface area contributed by atoms with Crippen molar-refractivity contribution in [3.63, 3.8) is 0 Å². The Bertz CT molecular complexity index is 427. The standard InChI is InChI=1S/C9H13N3O4/c10-9-11-8-6(15-9)5-7(16-8)12(1-3-13)2-4-14/h5,13-14H,1-4H2,(H2,10,11). The Kier molecular flexibility index (Phi) is 2.97. The molecule has 0 spiro atoms. The molecule has 0 bridgehead atoms. The zero-order chi connectivity index (χ0) is 11.5. The number of nitrogens with zero attached hydrogens (tertiary/aromatic N) is 2. The Morgan fingerprint density at radius 1 is 1.25 bits per heavy atom. The summed E-state index contributed by atoms with van der Waals surface area (Å²) < 4.78 is 10.5. The quantitative estimate of drug-likeness (QED) is 0.648. The van der Waals surface area contributed by atoms with Crippen molar-refractivity contribution in [1.29, 1.82) is 0 Å². The summed E-state index contributed by atoms with van der Waals surface area (Å²) in [6, 6.07) is 1.68. The topological polar surface area (TPSA) is 109 Å². The van der Waals surface area contributed by atoms with Crippen LogP contribution in [0.5, 0.6) is 0 Å². The number of furan rings is 1. The first-order chi connectivity index (χ1) is 7.74. The molecule has 0 fully saturated rings. The minimum atomic E-state index is -0.0301. The molecule has 0 saturated carbocycles. The van der Waals surface area contributed by atoms with Gasteiger partial charge in [0.2, 0.25) is 5.88 Å². The minimum absolute atomic E-state index is 0.0301. The largest absolute Gasteiger partial charge is 0.420 e. The Hall–Kier alpha value is -1.73. The maximum atomic E-state index is 8.87. The SMILES string of the molecule is Nc1nc2oc(N(CCO)CCO)cc2o1.